The highest BCUT2D eigenvalue weighted by atomic mass is 16.5. The van der Waals surface area contributed by atoms with Gasteiger partial charge in [0.2, 0.25) is 11.7 Å². The molecule has 1 aliphatic heterocycles. The number of ether oxygens (including phenoxy) is 2. The lowest BCUT2D eigenvalue weighted by Crippen LogP contribution is -2.16. The topological polar surface area (TPSA) is 64.6 Å². The van der Waals surface area contributed by atoms with Crippen LogP contribution in [0, 0.1) is 6.92 Å². The van der Waals surface area contributed by atoms with E-state index in [1.54, 1.807) is 13.0 Å². The van der Waals surface area contributed by atoms with Crippen LogP contribution in [0.25, 0.3) is 6.08 Å². The van der Waals surface area contributed by atoms with Gasteiger partial charge in [-0.3, -0.25) is 4.79 Å². The lowest BCUT2D eigenvalue weighted by molar-refractivity contribution is -0.139. The van der Waals surface area contributed by atoms with Gasteiger partial charge >= 0.3 is 5.97 Å². The van der Waals surface area contributed by atoms with Crippen LogP contribution in [0.3, 0.4) is 0 Å². The zero-order valence-electron chi connectivity index (χ0n) is 14.6. The quantitative estimate of drug-likeness (QED) is 0.505. The van der Waals surface area contributed by atoms with Gasteiger partial charge in [-0.1, -0.05) is 48.0 Å². The van der Waals surface area contributed by atoms with Crippen LogP contribution in [0.5, 0.6) is 0 Å². The van der Waals surface area contributed by atoms with Gasteiger partial charge in [0.25, 0.3) is 0 Å². The molecule has 1 aliphatic rings. The SMILES string of the molecule is CCOC(=O)C1=C(Nc2ccccc2)O/C(=C\c2ccc(C)cc2)C1=O. The number of esters is 1. The summed E-state index contributed by atoms with van der Waals surface area (Å²) >= 11 is 0. The van der Waals surface area contributed by atoms with Crippen molar-refractivity contribution < 1.29 is 19.1 Å². The molecule has 1 N–H and O–H groups in total. The zero-order valence-corrected chi connectivity index (χ0v) is 14.6. The van der Waals surface area contributed by atoms with Crippen molar-refractivity contribution in [3.63, 3.8) is 0 Å². The van der Waals surface area contributed by atoms with E-state index in [4.69, 9.17) is 9.47 Å². The zero-order chi connectivity index (χ0) is 18.5. The van der Waals surface area contributed by atoms with E-state index >= 15 is 0 Å². The van der Waals surface area contributed by atoms with Gasteiger partial charge in [-0.15, -0.1) is 0 Å². The van der Waals surface area contributed by atoms with Gasteiger partial charge in [0, 0.05) is 5.69 Å². The molecule has 26 heavy (non-hydrogen) atoms. The Morgan fingerprint density at radius 2 is 1.81 bits per heavy atom. The first-order chi connectivity index (χ1) is 12.6. The van der Waals surface area contributed by atoms with Crippen molar-refractivity contribution in [1.29, 1.82) is 0 Å². The third-order valence-electron chi connectivity index (χ3n) is 3.78. The number of allylic oxidation sites excluding steroid dienone is 1. The molecule has 3 rings (SSSR count). The Hall–Kier alpha value is -3.34. The summed E-state index contributed by atoms with van der Waals surface area (Å²) < 4.78 is 10.7. The molecule has 0 saturated heterocycles. The minimum absolute atomic E-state index is 0.0790. The number of benzene rings is 2. The normalized spacial score (nSPS) is 15.2. The first-order valence-electron chi connectivity index (χ1n) is 8.33. The van der Waals surface area contributed by atoms with E-state index in [1.165, 1.54) is 0 Å². The summed E-state index contributed by atoms with van der Waals surface area (Å²) in [5.41, 5.74) is 2.49. The Kier molecular flexibility index (Phi) is 5.17. The maximum absolute atomic E-state index is 12.7. The molecule has 2 aromatic carbocycles. The average Bonchev–Trinajstić information content (AvgIpc) is 2.93. The first-order valence-corrected chi connectivity index (χ1v) is 8.33. The predicted molar refractivity (Wildman–Crippen MR) is 99.0 cm³/mol. The lowest BCUT2D eigenvalue weighted by Gasteiger charge is -2.08. The van der Waals surface area contributed by atoms with Crippen LogP contribution in [0.2, 0.25) is 0 Å². The van der Waals surface area contributed by atoms with Gasteiger partial charge in [0.1, 0.15) is 0 Å². The van der Waals surface area contributed by atoms with Crippen LogP contribution in [0.1, 0.15) is 18.1 Å². The van der Waals surface area contributed by atoms with Gasteiger partial charge in [-0.05, 0) is 37.6 Å². The van der Waals surface area contributed by atoms with Crippen LogP contribution >= 0.6 is 0 Å². The molecule has 5 nitrogen and oxygen atoms in total. The Labute approximate surface area is 151 Å². The Balaban J connectivity index is 1.93. The van der Waals surface area contributed by atoms with E-state index in [9.17, 15) is 9.59 Å². The number of para-hydroxylation sites is 1. The van der Waals surface area contributed by atoms with E-state index in [1.807, 2.05) is 61.5 Å². The van der Waals surface area contributed by atoms with E-state index in [0.717, 1.165) is 11.1 Å². The van der Waals surface area contributed by atoms with Gasteiger partial charge in [0.15, 0.2) is 11.3 Å². The summed E-state index contributed by atoms with van der Waals surface area (Å²) in [4.78, 5) is 25.0. The van der Waals surface area contributed by atoms with Crippen molar-refractivity contribution in [3.8, 4) is 0 Å². The number of aryl methyl sites for hydroxylation is 1. The fourth-order valence-corrected chi connectivity index (χ4v) is 2.47. The number of nitrogens with one attached hydrogen (secondary N) is 1. The summed E-state index contributed by atoms with van der Waals surface area (Å²) in [6.07, 6.45) is 1.61. The van der Waals surface area contributed by atoms with Crippen LogP contribution in [0.15, 0.2) is 71.8 Å². The molecule has 5 heteroatoms. The van der Waals surface area contributed by atoms with E-state index < -0.39 is 11.8 Å². The van der Waals surface area contributed by atoms with Crippen LogP contribution < -0.4 is 5.32 Å². The van der Waals surface area contributed by atoms with Crippen LogP contribution in [-0.4, -0.2) is 18.4 Å². The standard InChI is InChI=1S/C21H19NO4/c1-3-25-21(24)18-19(23)17(13-15-11-9-14(2)10-12-15)26-20(18)22-16-7-5-4-6-8-16/h4-13,22H,3H2,1-2H3/b17-13-. The molecule has 2 aromatic rings. The molecule has 0 aromatic heterocycles. The number of anilines is 1. The molecule has 0 saturated carbocycles. The molecule has 0 spiro atoms. The number of hydrogen-bond acceptors (Lipinski definition) is 5. The molecule has 0 atom stereocenters. The second-order valence-corrected chi connectivity index (χ2v) is 5.77. The average molecular weight is 349 g/mol. The monoisotopic (exact) mass is 349 g/mol. The van der Waals surface area contributed by atoms with Gasteiger partial charge in [0.05, 0.1) is 6.61 Å². The largest absolute Gasteiger partial charge is 0.462 e. The number of hydrogen-bond donors (Lipinski definition) is 1. The van der Waals surface area contributed by atoms with Crippen molar-refractivity contribution in [3.05, 3.63) is 82.9 Å². The first kappa shape index (κ1) is 17.5. The number of ketones is 1. The van der Waals surface area contributed by atoms with Crippen molar-refractivity contribution in [1.82, 2.24) is 0 Å². The highest BCUT2D eigenvalue weighted by molar-refractivity contribution is 6.26. The molecule has 0 aliphatic carbocycles. The number of carbonyl (C=O) groups is 2. The molecule has 0 amide bonds. The van der Waals surface area contributed by atoms with E-state index in [-0.39, 0.29) is 23.8 Å². The fourth-order valence-electron chi connectivity index (χ4n) is 2.47. The van der Waals surface area contributed by atoms with Crippen molar-refractivity contribution in [2.24, 2.45) is 0 Å². The fraction of sp³-hybridized carbons (Fsp3) is 0.143. The summed E-state index contributed by atoms with van der Waals surface area (Å²) in [7, 11) is 0. The van der Waals surface area contributed by atoms with Gasteiger partial charge < -0.3 is 14.8 Å². The summed E-state index contributed by atoms with van der Waals surface area (Å²) in [5.74, 6) is -1.04. The molecular weight excluding hydrogens is 330 g/mol. The predicted octanol–water partition coefficient (Wildman–Crippen LogP) is 3.82. The smallest absolute Gasteiger partial charge is 0.347 e. The maximum Gasteiger partial charge on any atom is 0.347 e. The molecule has 0 radical (unpaired) electrons. The molecule has 1 heterocycles. The summed E-state index contributed by atoms with van der Waals surface area (Å²) in [6, 6.07) is 16.8. The van der Waals surface area contributed by atoms with Crippen LogP contribution in [-0.2, 0) is 19.1 Å². The molecule has 132 valence electrons. The van der Waals surface area contributed by atoms with E-state index in [2.05, 4.69) is 5.32 Å². The minimum atomic E-state index is -0.705. The van der Waals surface area contributed by atoms with Crippen molar-refractivity contribution in [2.45, 2.75) is 13.8 Å². The summed E-state index contributed by atoms with van der Waals surface area (Å²) in [6.45, 7) is 3.84. The second kappa shape index (κ2) is 7.70. The molecule has 0 unspecified atom stereocenters. The summed E-state index contributed by atoms with van der Waals surface area (Å²) in [5, 5.41) is 2.98. The molecule has 0 bridgehead atoms. The van der Waals surface area contributed by atoms with Gasteiger partial charge in [-0.2, -0.15) is 0 Å². The Morgan fingerprint density at radius 3 is 2.46 bits per heavy atom. The van der Waals surface area contributed by atoms with Crippen molar-refractivity contribution in [2.75, 3.05) is 11.9 Å². The Morgan fingerprint density at radius 1 is 1.12 bits per heavy atom. The highest BCUT2D eigenvalue weighted by Gasteiger charge is 2.36. The maximum atomic E-state index is 12.7. The Bertz CT molecular complexity index is 880. The van der Waals surface area contributed by atoms with Crippen molar-refractivity contribution >= 4 is 23.5 Å². The number of Topliss-reactive ketones (excluding diaryl/α,β-unsaturated/α-hetero) is 1. The molecular formula is C21H19NO4. The minimum Gasteiger partial charge on any atom is -0.462 e. The third-order valence-corrected chi connectivity index (χ3v) is 3.78. The highest BCUT2D eigenvalue weighted by Crippen LogP contribution is 2.28. The lowest BCUT2D eigenvalue weighted by atomic mass is 10.1. The number of carbonyl (C=O) groups excluding carboxylic acids is 2. The second-order valence-electron chi connectivity index (χ2n) is 5.77. The third kappa shape index (κ3) is 3.83. The van der Waals surface area contributed by atoms with Crippen LogP contribution in [0.4, 0.5) is 5.69 Å². The van der Waals surface area contributed by atoms with Gasteiger partial charge in [-0.25, -0.2) is 4.79 Å². The number of rotatable bonds is 5. The molecule has 0 fully saturated rings. The van der Waals surface area contributed by atoms with E-state index in [0.29, 0.717) is 5.69 Å².